The number of pyridine rings is 1. The summed E-state index contributed by atoms with van der Waals surface area (Å²) in [5.41, 5.74) is 4.51. The largest absolute Gasteiger partial charge is 0.444 e. The molecule has 1 fully saturated rings. The van der Waals surface area contributed by atoms with E-state index in [-0.39, 0.29) is 18.0 Å². The maximum Gasteiger partial charge on any atom is 0.410 e. The van der Waals surface area contributed by atoms with E-state index in [9.17, 15) is 9.59 Å². The third-order valence-corrected chi connectivity index (χ3v) is 7.13. The van der Waals surface area contributed by atoms with Crippen LogP contribution in [0.1, 0.15) is 55.0 Å². The van der Waals surface area contributed by atoms with Crippen molar-refractivity contribution in [3.05, 3.63) is 72.0 Å². The van der Waals surface area contributed by atoms with Gasteiger partial charge in [0.25, 0.3) is 5.91 Å². The second kappa shape index (κ2) is 10.4. The average Bonchev–Trinajstić information content (AvgIpc) is 3.74. The Morgan fingerprint density at radius 3 is 2.67 bits per heavy atom. The van der Waals surface area contributed by atoms with E-state index in [2.05, 4.69) is 20.6 Å². The molecule has 12 nitrogen and oxygen atoms in total. The van der Waals surface area contributed by atoms with Crippen LogP contribution in [0.4, 0.5) is 10.5 Å². The lowest BCUT2D eigenvalue weighted by Gasteiger charge is -2.24. The van der Waals surface area contributed by atoms with Crippen LogP contribution >= 0.6 is 0 Å². The number of anilines is 1. The minimum Gasteiger partial charge on any atom is -0.444 e. The predicted molar refractivity (Wildman–Crippen MR) is 155 cm³/mol. The molecule has 0 aliphatic carbocycles. The van der Waals surface area contributed by atoms with Crippen LogP contribution in [0.15, 0.2) is 59.5 Å². The van der Waals surface area contributed by atoms with Crippen molar-refractivity contribution >= 4 is 23.2 Å². The van der Waals surface area contributed by atoms with E-state index in [0.717, 1.165) is 28.8 Å². The summed E-state index contributed by atoms with van der Waals surface area (Å²) in [6.45, 7) is 10.4. The second-order valence-corrected chi connectivity index (χ2v) is 11.5. The van der Waals surface area contributed by atoms with Gasteiger partial charge in [0.05, 0.1) is 29.0 Å². The van der Waals surface area contributed by atoms with Gasteiger partial charge in [-0.3, -0.25) is 9.48 Å². The number of likely N-dealkylation sites (tertiary alicyclic amines) is 1. The van der Waals surface area contributed by atoms with Crippen molar-refractivity contribution in [1.82, 2.24) is 34.4 Å². The lowest BCUT2D eigenvalue weighted by Crippen LogP contribution is -2.35. The van der Waals surface area contributed by atoms with Crippen LogP contribution in [0.2, 0.25) is 0 Å². The molecular weight excluding hydrogens is 536 g/mol. The first-order chi connectivity index (χ1) is 20.0. The Morgan fingerprint density at radius 1 is 1.10 bits per heavy atom. The van der Waals surface area contributed by atoms with Crippen LogP contribution in [-0.4, -0.2) is 65.1 Å². The van der Waals surface area contributed by atoms with E-state index in [1.165, 1.54) is 0 Å². The van der Waals surface area contributed by atoms with Crippen molar-refractivity contribution in [3.8, 4) is 22.6 Å². The van der Waals surface area contributed by atoms with Gasteiger partial charge < -0.3 is 19.5 Å². The maximum absolute atomic E-state index is 13.3. The van der Waals surface area contributed by atoms with Crippen LogP contribution in [0.25, 0.3) is 28.2 Å². The van der Waals surface area contributed by atoms with E-state index in [0.29, 0.717) is 41.6 Å². The molecule has 0 radical (unpaired) electrons. The number of aromatic nitrogens is 6. The minimum atomic E-state index is -0.529. The highest BCUT2D eigenvalue weighted by atomic mass is 16.6. The van der Waals surface area contributed by atoms with Crippen molar-refractivity contribution < 1.29 is 18.8 Å². The van der Waals surface area contributed by atoms with E-state index in [1.807, 2.05) is 81.2 Å². The lowest BCUT2D eigenvalue weighted by molar-refractivity contribution is 0.0288. The molecule has 5 heterocycles. The fraction of sp³-hybridized carbons (Fsp3) is 0.333. The van der Waals surface area contributed by atoms with Crippen LogP contribution in [0, 0.1) is 13.8 Å². The maximum atomic E-state index is 13.3. The molecule has 4 aromatic heterocycles. The standard InChI is InChI=1S/C30H32N8O4/c1-18-6-7-20(27-32-19(2)42-35-27)14-25(18)33-28(39)23-15-31-38-16-21(8-9-26(23)38)24-11-13-37(34-24)22-10-12-36(17-22)29(40)41-30(3,4)5/h6-9,11,13-16,22H,10,12,17H2,1-5H3,(H,33,39)/t22-/m1/s1. The van der Waals surface area contributed by atoms with Gasteiger partial charge in [0.1, 0.15) is 5.60 Å². The number of benzene rings is 1. The van der Waals surface area contributed by atoms with Gasteiger partial charge in [0.2, 0.25) is 11.7 Å². The molecule has 0 saturated carbocycles. The average molecular weight is 569 g/mol. The van der Waals surface area contributed by atoms with E-state index >= 15 is 0 Å². The first-order valence-electron chi connectivity index (χ1n) is 13.8. The van der Waals surface area contributed by atoms with E-state index in [1.54, 1.807) is 22.5 Å². The molecule has 12 heteroatoms. The summed E-state index contributed by atoms with van der Waals surface area (Å²) in [5, 5.41) is 16.2. The number of amides is 2. The molecule has 1 aliphatic rings. The fourth-order valence-electron chi connectivity index (χ4n) is 4.96. The highest BCUT2D eigenvalue weighted by Crippen LogP contribution is 2.27. The molecule has 1 aromatic carbocycles. The molecule has 42 heavy (non-hydrogen) atoms. The quantitative estimate of drug-likeness (QED) is 0.302. The molecule has 1 N–H and O–H groups in total. The molecule has 0 unspecified atom stereocenters. The van der Waals surface area contributed by atoms with Crippen LogP contribution in [0.3, 0.4) is 0 Å². The highest BCUT2D eigenvalue weighted by molar-refractivity contribution is 6.09. The topological polar surface area (TPSA) is 133 Å². The van der Waals surface area contributed by atoms with Gasteiger partial charge in [-0.1, -0.05) is 17.3 Å². The van der Waals surface area contributed by atoms with Crippen molar-refractivity contribution in [2.24, 2.45) is 0 Å². The SMILES string of the molecule is Cc1nc(-c2ccc(C)c(NC(=O)c3cnn4cc(-c5ccn([C@@H]6CCN(C(=O)OC(C)(C)C)C6)n5)ccc34)c2)no1. The molecule has 1 aliphatic heterocycles. The van der Waals surface area contributed by atoms with Crippen LogP contribution < -0.4 is 5.32 Å². The Bertz CT molecular complexity index is 1790. The summed E-state index contributed by atoms with van der Waals surface area (Å²) >= 11 is 0. The number of carbonyl (C=O) groups excluding carboxylic acids is 2. The second-order valence-electron chi connectivity index (χ2n) is 11.5. The first kappa shape index (κ1) is 27.2. The molecule has 5 aromatic rings. The molecule has 1 atom stereocenters. The van der Waals surface area contributed by atoms with Crippen LogP contribution in [-0.2, 0) is 4.74 Å². The Labute approximate surface area is 242 Å². The number of aryl methyl sites for hydroxylation is 2. The van der Waals surface area contributed by atoms with Gasteiger partial charge in [-0.25, -0.2) is 9.31 Å². The molecule has 0 spiro atoms. The van der Waals surface area contributed by atoms with E-state index < -0.39 is 5.60 Å². The Balaban J connectivity index is 1.16. The summed E-state index contributed by atoms with van der Waals surface area (Å²) < 4.78 is 14.2. The third-order valence-electron chi connectivity index (χ3n) is 7.13. The minimum absolute atomic E-state index is 0.0704. The Hall–Kier alpha value is -5.00. The number of ether oxygens (including phenoxy) is 1. The zero-order valence-corrected chi connectivity index (χ0v) is 24.2. The summed E-state index contributed by atoms with van der Waals surface area (Å²) in [7, 11) is 0. The van der Waals surface area contributed by atoms with Gasteiger partial charge in [0.15, 0.2) is 0 Å². The summed E-state index contributed by atoms with van der Waals surface area (Å²) in [6.07, 6.45) is 5.83. The zero-order chi connectivity index (χ0) is 29.6. The highest BCUT2D eigenvalue weighted by Gasteiger charge is 2.31. The van der Waals surface area contributed by atoms with Gasteiger partial charge in [-0.15, -0.1) is 0 Å². The Morgan fingerprint density at radius 2 is 1.90 bits per heavy atom. The first-order valence-corrected chi connectivity index (χ1v) is 13.8. The number of hydrogen-bond acceptors (Lipinski definition) is 8. The predicted octanol–water partition coefficient (Wildman–Crippen LogP) is 5.30. The van der Waals surface area contributed by atoms with E-state index in [4.69, 9.17) is 14.4 Å². The van der Waals surface area contributed by atoms with Crippen molar-refractivity contribution in [3.63, 3.8) is 0 Å². The van der Waals surface area contributed by atoms with Gasteiger partial charge >= 0.3 is 6.09 Å². The monoisotopic (exact) mass is 568 g/mol. The van der Waals surface area contributed by atoms with Gasteiger partial charge in [-0.2, -0.15) is 15.2 Å². The number of carbonyl (C=O) groups is 2. The number of fused-ring (bicyclic) bond motifs is 1. The van der Waals surface area contributed by atoms with Gasteiger partial charge in [-0.05, 0) is 63.9 Å². The smallest absolute Gasteiger partial charge is 0.410 e. The molecule has 6 rings (SSSR count). The summed E-state index contributed by atoms with van der Waals surface area (Å²) in [4.78, 5) is 31.7. The third kappa shape index (κ3) is 5.47. The van der Waals surface area contributed by atoms with Crippen molar-refractivity contribution in [1.29, 1.82) is 0 Å². The fourth-order valence-corrected chi connectivity index (χ4v) is 4.96. The van der Waals surface area contributed by atoms with Gasteiger partial charge in [0, 0.05) is 49.2 Å². The molecule has 216 valence electrons. The molecule has 2 amide bonds. The Kier molecular flexibility index (Phi) is 6.76. The number of nitrogens with zero attached hydrogens (tertiary/aromatic N) is 7. The molecule has 1 saturated heterocycles. The van der Waals surface area contributed by atoms with Crippen molar-refractivity contribution in [2.45, 2.75) is 52.7 Å². The summed E-state index contributed by atoms with van der Waals surface area (Å²) in [5.74, 6) is 0.654. The lowest BCUT2D eigenvalue weighted by atomic mass is 10.1. The molecular formula is C30H32N8O4. The van der Waals surface area contributed by atoms with Crippen molar-refractivity contribution in [2.75, 3.05) is 18.4 Å². The molecule has 0 bridgehead atoms. The number of rotatable bonds is 5. The number of nitrogens with one attached hydrogen (secondary N) is 1. The summed E-state index contributed by atoms with van der Waals surface area (Å²) in [6, 6.07) is 11.4. The van der Waals surface area contributed by atoms with Crippen LogP contribution in [0.5, 0.6) is 0 Å². The number of hydrogen-bond donors (Lipinski definition) is 1. The zero-order valence-electron chi connectivity index (χ0n) is 24.2. The normalized spacial score (nSPS) is 15.4.